The van der Waals surface area contributed by atoms with Crippen molar-refractivity contribution in [3.63, 3.8) is 0 Å². The number of rotatable bonds is 2. The maximum absolute atomic E-state index is 12.6. The summed E-state index contributed by atoms with van der Waals surface area (Å²) in [5, 5.41) is 0. The van der Waals surface area contributed by atoms with E-state index in [-0.39, 0.29) is 5.91 Å². The minimum atomic E-state index is 0.117. The zero-order valence-electron chi connectivity index (χ0n) is 12.4. The fourth-order valence-corrected chi connectivity index (χ4v) is 3.30. The molecule has 4 heteroatoms. The van der Waals surface area contributed by atoms with Gasteiger partial charge in [-0.2, -0.15) is 0 Å². The number of pyridine rings is 1. The Balaban J connectivity index is 1.76. The summed E-state index contributed by atoms with van der Waals surface area (Å²) in [4.78, 5) is 21.3. The molecule has 0 bridgehead atoms. The molecule has 2 heterocycles. The number of hydrogen-bond acceptors (Lipinski definition) is 3. The van der Waals surface area contributed by atoms with E-state index in [2.05, 4.69) is 23.0 Å². The van der Waals surface area contributed by atoms with Gasteiger partial charge in [-0.15, -0.1) is 0 Å². The van der Waals surface area contributed by atoms with Crippen LogP contribution in [-0.2, 0) is 12.8 Å². The normalized spacial score (nSPS) is 22.6. The van der Waals surface area contributed by atoms with Crippen LogP contribution in [0.2, 0.25) is 0 Å². The second kappa shape index (κ2) is 5.52. The minimum Gasteiger partial charge on any atom is -0.337 e. The fraction of sp³-hybridized carbons (Fsp3) is 0.625. The van der Waals surface area contributed by atoms with Gasteiger partial charge in [0.15, 0.2) is 0 Å². The van der Waals surface area contributed by atoms with E-state index in [1.165, 1.54) is 24.1 Å². The Hall–Kier alpha value is -1.42. The number of amides is 1. The first-order valence-corrected chi connectivity index (χ1v) is 7.58. The second-order valence-corrected chi connectivity index (χ2v) is 6.16. The molecule has 0 radical (unpaired) electrons. The van der Waals surface area contributed by atoms with E-state index in [0.717, 1.165) is 37.9 Å². The van der Waals surface area contributed by atoms with Gasteiger partial charge in [-0.1, -0.05) is 0 Å². The monoisotopic (exact) mass is 273 g/mol. The second-order valence-electron chi connectivity index (χ2n) is 6.16. The molecular weight excluding hydrogens is 250 g/mol. The topological polar surface area (TPSA) is 36.4 Å². The number of aryl methyl sites for hydroxylation is 2. The molecule has 0 saturated carbocycles. The van der Waals surface area contributed by atoms with Gasteiger partial charge in [-0.3, -0.25) is 9.78 Å². The van der Waals surface area contributed by atoms with Crippen molar-refractivity contribution in [3.8, 4) is 0 Å². The Morgan fingerprint density at radius 1 is 1.40 bits per heavy atom. The van der Waals surface area contributed by atoms with Crippen LogP contribution >= 0.6 is 0 Å². The zero-order valence-corrected chi connectivity index (χ0v) is 12.4. The number of carbonyl (C=O) groups excluding carboxylic acids is 1. The molecule has 0 aromatic carbocycles. The van der Waals surface area contributed by atoms with Crippen LogP contribution in [-0.4, -0.2) is 53.9 Å². The van der Waals surface area contributed by atoms with Crippen LogP contribution in [0, 0.1) is 0 Å². The third-order valence-corrected chi connectivity index (χ3v) is 4.65. The van der Waals surface area contributed by atoms with E-state index in [9.17, 15) is 4.79 Å². The van der Waals surface area contributed by atoms with Crippen LogP contribution in [0.25, 0.3) is 0 Å². The van der Waals surface area contributed by atoms with E-state index in [1.807, 2.05) is 11.9 Å². The lowest BCUT2D eigenvalue weighted by molar-refractivity contribution is 0.0737. The molecule has 1 aromatic rings. The molecule has 20 heavy (non-hydrogen) atoms. The molecule has 1 amide bonds. The first-order valence-electron chi connectivity index (χ1n) is 7.58. The molecule has 0 N–H and O–H groups in total. The third-order valence-electron chi connectivity index (χ3n) is 4.65. The Labute approximate surface area is 120 Å². The van der Waals surface area contributed by atoms with E-state index in [4.69, 9.17) is 0 Å². The number of nitrogens with zero attached hydrogens (tertiary/aromatic N) is 3. The molecule has 0 unspecified atom stereocenters. The smallest absolute Gasteiger partial charge is 0.255 e. The Bertz CT molecular complexity index is 514. The van der Waals surface area contributed by atoms with E-state index < -0.39 is 0 Å². The minimum absolute atomic E-state index is 0.117. The molecule has 108 valence electrons. The van der Waals surface area contributed by atoms with Gasteiger partial charge < -0.3 is 9.80 Å². The van der Waals surface area contributed by atoms with Gasteiger partial charge in [0.05, 0.1) is 5.56 Å². The first kappa shape index (κ1) is 13.6. The Morgan fingerprint density at radius 2 is 2.20 bits per heavy atom. The van der Waals surface area contributed by atoms with Crippen molar-refractivity contribution >= 4 is 5.91 Å². The number of likely N-dealkylation sites (N-methyl/N-ethyl adjacent to an activating group) is 2. The van der Waals surface area contributed by atoms with Crippen LogP contribution in [0.5, 0.6) is 0 Å². The average Bonchev–Trinajstić information content (AvgIpc) is 2.92. The summed E-state index contributed by atoms with van der Waals surface area (Å²) in [6.07, 6.45) is 7.41. The molecule has 1 aromatic heterocycles. The van der Waals surface area contributed by atoms with Crippen LogP contribution in [0.15, 0.2) is 12.3 Å². The summed E-state index contributed by atoms with van der Waals surface area (Å²) in [6, 6.07) is 2.41. The van der Waals surface area contributed by atoms with Gasteiger partial charge in [0, 0.05) is 31.5 Å². The van der Waals surface area contributed by atoms with E-state index in [0.29, 0.717) is 6.04 Å². The van der Waals surface area contributed by atoms with E-state index >= 15 is 0 Å². The summed E-state index contributed by atoms with van der Waals surface area (Å²) in [7, 11) is 4.03. The highest BCUT2D eigenvalue weighted by Gasteiger charge is 2.27. The molecule has 0 spiro atoms. The van der Waals surface area contributed by atoms with E-state index in [1.54, 1.807) is 6.20 Å². The van der Waals surface area contributed by atoms with Crippen molar-refractivity contribution in [3.05, 3.63) is 29.1 Å². The summed E-state index contributed by atoms with van der Waals surface area (Å²) in [5.41, 5.74) is 3.22. The standard InChI is InChI=1S/C16H23N3O/c1-18-8-7-14(11-18)19(2)16(20)13-9-12-5-3-4-6-15(12)17-10-13/h9-10,14H,3-8,11H2,1-2H3/t14-/m1/s1. The lowest BCUT2D eigenvalue weighted by Gasteiger charge is -2.25. The van der Waals surface area contributed by atoms with Crippen LogP contribution < -0.4 is 0 Å². The molecule has 1 fully saturated rings. The average molecular weight is 273 g/mol. The molecule has 1 aliphatic heterocycles. The number of likely N-dealkylation sites (tertiary alicyclic amines) is 1. The van der Waals surface area contributed by atoms with Crippen LogP contribution in [0.3, 0.4) is 0 Å². The number of hydrogen-bond donors (Lipinski definition) is 0. The third kappa shape index (κ3) is 2.57. The van der Waals surface area contributed by atoms with Gasteiger partial charge in [0.1, 0.15) is 0 Å². The van der Waals surface area contributed by atoms with Crippen molar-refractivity contribution < 1.29 is 4.79 Å². The zero-order chi connectivity index (χ0) is 14.1. The lowest BCUT2D eigenvalue weighted by atomic mass is 9.95. The van der Waals surface area contributed by atoms with Crippen molar-refractivity contribution in [2.45, 2.75) is 38.1 Å². The number of carbonyl (C=O) groups is 1. The maximum atomic E-state index is 12.6. The van der Waals surface area contributed by atoms with Crippen molar-refractivity contribution in [1.29, 1.82) is 0 Å². The molecule has 3 rings (SSSR count). The quantitative estimate of drug-likeness (QED) is 0.823. The molecule has 1 saturated heterocycles. The molecule has 1 atom stereocenters. The lowest BCUT2D eigenvalue weighted by Crippen LogP contribution is -2.38. The summed E-state index contributed by atoms with van der Waals surface area (Å²) >= 11 is 0. The Morgan fingerprint density at radius 3 is 2.95 bits per heavy atom. The summed E-state index contributed by atoms with van der Waals surface area (Å²) < 4.78 is 0. The molecular formula is C16H23N3O. The van der Waals surface area contributed by atoms with Gasteiger partial charge in [-0.05, 0) is 57.3 Å². The van der Waals surface area contributed by atoms with Crippen molar-refractivity contribution in [2.75, 3.05) is 27.2 Å². The predicted octanol–water partition coefficient (Wildman–Crippen LogP) is 1.74. The highest BCUT2D eigenvalue weighted by Crippen LogP contribution is 2.21. The number of fused-ring (bicyclic) bond motifs is 1. The summed E-state index contributed by atoms with van der Waals surface area (Å²) in [5.74, 6) is 0.117. The van der Waals surface area contributed by atoms with Gasteiger partial charge in [-0.25, -0.2) is 0 Å². The molecule has 1 aliphatic carbocycles. The largest absolute Gasteiger partial charge is 0.337 e. The van der Waals surface area contributed by atoms with Crippen LogP contribution in [0.4, 0.5) is 0 Å². The molecule has 2 aliphatic rings. The number of aromatic nitrogens is 1. The van der Waals surface area contributed by atoms with Gasteiger partial charge in [0.2, 0.25) is 0 Å². The molecule has 4 nitrogen and oxygen atoms in total. The highest BCUT2D eigenvalue weighted by atomic mass is 16.2. The van der Waals surface area contributed by atoms with Crippen molar-refractivity contribution in [2.24, 2.45) is 0 Å². The van der Waals surface area contributed by atoms with Gasteiger partial charge >= 0.3 is 0 Å². The SMILES string of the molecule is CN1CC[C@@H](N(C)C(=O)c2cnc3c(c2)CCCC3)C1. The van der Waals surface area contributed by atoms with Crippen molar-refractivity contribution in [1.82, 2.24) is 14.8 Å². The Kier molecular flexibility index (Phi) is 3.74. The van der Waals surface area contributed by atoms with Crippen LogP contribution in [0.1, 0.15) is 40.9 Å². The van der Waals surface area contributed by atoms with Gasteiger partial charge in [0.25, 0.3) is 5.91 Å². The fourth-order valence-electron chi connectivity index (χ4n) is 3.30. The highest BCUT2D eigenvalue weighted by molar-refractivity contribution is 5.94. The first-order chi connectivity index (χ1) is 9.65. The predicted molar refractivity (Wildman–Crippen MR) is 78.9 cm³/mol. The maximum Gasteiger partial charge on any atom is 0.255 e. The summed E-state index contributed by atoms with van der Waals surface area (Å²) in [6.45, 7) is 2.05.